The number of carbonyl (C=O) groups excluding carboxylic acids is 2. The average molecular weight is 701 g/mol. The van der Waals surface area contributed by atoms with Gasteiger partial charge in [-0.1, -0.05) is 117 Å². The van der Waals surface area contributed by atoms with Crippen molar-refractivity contribution in [2.75, 3.05) is 0 Å². The monoisotopic (exact) mass is 700 g/mol. The molecule has 52 heavy (non-hydrogen) atoms. The molecule has 4 aliphatic carbocycles. The summed E-state index contributed by atoms with van der Waals surface area (Å²) in [7, 11) is 0. The van der Waals surface area contributed by atoms with Gasteiger partial charge in [0.1, 0.15) is 11.4 Å². The molecule has 6 rings (SSSR count). The van der Waals surface area contributed by atoms with Gasteiger partial charge in [0.2, 0.25) is 0 Å². The van der Waals surface area contributed by atoms with Crippen molar-refractivity contribution in [3.05, 3.63) is 80.1 Å². The van der Waals surface area contributed by atoms with E-state index >= 15 is 0 Å². The van der Waals surface area contributed by atoms with Crippen molar-refractivity contribution in [3.63, 3.8) is 0 Å². The molecule has 0 amide bonds. The predicted octanol–water partition coefficient (Wildman–Crippen LogP) is 8.15. The molecule has 2 heterocycles. The summed E-state index contributed by atoms with van der Waals surface area (Å²) in [6.45, 7) is 21.5. The van der Waals surface area contributed by atoms with Crippen LogP contribution in [0.15, 0.2) is 36.4 Å². The second-order valence-electron chi connectivity index (χ2n) is 17.6. The summed E-state index contributed by atoms with van der Waals surface area (Å²) >= 11 is 0. The molecule has 0 aliphatic heterocycles. The highest BCUT2D eigenvalue weighted by atomic mass is 16.5. The van der Waals surface area contributed by atoms with Crippen molar-refractivity contribution >= 4 is 58.9 Å². The van der Waals surface area contributed by atoms with Crippen LogP contribution in [-0.4, -0.2) is 21.9 Å². The first-order valence-corrected chi connectivity index (χ1v) is 19.1. The molecule has 0 spiro atoms. The maximum Gasteiger partial charge on any atom is 0.311 e. The number of hydrogen-bond acceptors (Lipinski definition) is 6. The third-order valence-electron chi connectivity index (χ3n) is 11.2. The first-order valence-electron chi connectivity index (χ1n) is 19.1. The van der Waals surface area contributed by atoms with E-state index in [1.807, 2.05) is 12.2 Å². The van der Waals surface area contributed by atoms with E-state index in [4.69, 9.17) is 19.4 Å². The number of allylic oxidation sites excluding steroid dienone is 4. The lowest BCUT2D eigenvalue weighted by Gasteiger charge is -2.29. The van der Waals surface area contributed by atoms with Gasteiger partial charge in [-0.05, 0) is 63.1 Å². The largest absolute Gasteiger partial charge is 0.424 e. The number of rotatable bonds is 11. The Morgan fingerprint density at radius 1 is 0.558 bits per heavy atom. The number of hydrogen-bond donors (Lipinski definition) is 0. The van der Waals surface area contributed by atoms with Crippen LogP contribution in [0.3, 0.4) is 0 Å². The first-order chi connectivity index (χ1) is 24.3. The summed E-state index contributed by atoms with van der Waals surface area (Å²) in [6.07, 6.45) is 23.3. The molecule has 0 saturated heterocycles. The molecular weight excluding hydrogens is 645 g/mol. The topological polar surface area (TPSA) is 78.4 Å². The van der Waals surface area contributed by atoms with E-state index in [1.54, 1.807) is 0 Å². The van der Waals surface area contributed by atoms with Crippen LogP contribution in [0, 0.1) is 21.7 Å². The van der Waals surface area contributed by atoms with Gasteiger partial charge in [0.05, 0.1) is 10.7 Å². The number of pyridine rings is 2. The minimum absolute atomic E-state index is 0.0766. The van der Waals surface area contributed by atoms with E-state index < -0.39 is 0 Å². The molecule has 0 radical (unpaired) electrons. The van der Waals surface area contributed by atoms with E-state index in [0.717, 1.165) is 82.2 Å². The van der Waals surface area contributed by atoms with E-state index in [1.165, 1.54) is 11.1 Å². The normalized spacial score (nSPS) is 19.5. The van der Waals surface area contributed by atoms with Crippen LogP contribution in [0.1, 0.15) is 143 Å². The van der Waals surface area contributed by atoms with Gasteiger partial charge in [-0.15, -0.1) is 0 Å². The highest BCUT2D eigenvalue weighted by Gasteiger charge is 2.31. The smallest absolute Gasteiger partial charge is 0.311 e. The zero-order valence-corrected chi connectivity index (χ0v) is 33.0. The van der Waals surface area contributed by atoms with Crippen molar-refractivity contribution < 1.29 is 19.1 Å². The lowest BCUT2D eigenvalue weighted by molar-refractivity contribution is -0.137. The molecule has 4 aliphatic rings. The van der Waals surface area contributed by atoms with Crippen molar-refractivity contribution in [2.24, 2.45) is 21.7 Å². The van der Waals surface area contributed by atoms with Gasteiger partial charge in [0, 0.05) is 56.1 Å². The SMILES string of the molecule is CC1=c2cc3c(nc2C(OC(=O)CCCCCCCCC(=O)OC2=CC(C)(C)C(C)=c4cc5c(nc42)=CC(C)(C)C=C5)=CC1(C)C)=CC(C)(C)C=C3. The Bertz CT molecular complexity index is 2050. The second kappa shape index (κ2) is 13.9. The van der Waals surface area contributed by atoms with Crippen molar-refractivity contribution in [1.82, 2.24) is 9.97 Å². The molecule has 0 N–H and O–H groups in total. The highest BCUT2D eigenvalue weighted by molar-refractivity contribution is 5.82. The molecule has 0 unspecified atom stereocenters. The molecular formula is C46H56N2O4. The Balaban J connectivity index is 0.967. The molecule has 274 valence electrons. The Hall–Kier alpha value is -4.32. The molecule has 0 saturated carbocycles. The second-order valence-corrected chi connectivity index (χ2v) is 17.6. The number of aromatic nitrogens is 2. The van der Waals surface area contributed by atoms with Gasteiger partial charge < -0.3 is 9.47 Å². The van der Waals surface area contributed by atoms with Crippen LogP contribution >= 0.6 is 0 Å². The Kier molecular flexibility index (Phi) is 10.0. The van der Waals surface area contributed by atoms with Crippen LogP contribution in [0.5, 0.6) is 0 Å². The molecule has 0 fully saturated rings. The number of nitrogens with zero attached hydrogens (tertiary/aromatic N) is 2. The average Bonchev–Trinajstić information content (AvgIpc) is 3.05. The van der Waals surface area contributed by atoms with Crippen molar-refractivity contribution in [2.45, 2.75) is 121 Å². The number of fused-ring (bicyclic) bond motifs is 4. The van der Waals surface area contributed by atoms with E-state index in [-0.39, 0.29) is 33.6 Å². The summed E-state index contributed by atoms with van der Waals surface area (Å²) in [4.78, 5) is 36.1. The summed E-state index contributed by atoms with van der Waals surface area (Å²) < 4.78 is 12.0. The zero-order chi connectivity index (χ0) is 37.6. The maximum absolute atomic E-state index is 13.0. The first kappa shape index (κ1) is 37.4. The Morgan fingerprint density at radius 3 is 1.31 bits per heavy atom. The van der Waals surface area contributed by atoms with Gasteiger partial charge in [-0.25, -0.2) is 9.97 Å². The van der Waals surface area contributed by atoms with E-state index in [9.17, 15) is 9.59 Å². The molecule has 0 atom stereocenters. The fourth-order valence-corrected chi connectivity index (χ4v) is 7.39. The third kappa shape index (κ3) is 8.01. The van der Waals surface area contributed by atoms with Crippen molar-refractivity contribution in [1.29, 1.82) is 0 Å². The van der Waals surface area contributed by atoms with Gasteiger partial charge in [0.25, 0.3) is 0 Å². The highest BCUT2D eigenvalue weighted by Crippen LogP contribution is 2.37. The minimum Gasteiger partial charge on any atom is -0.424 e. The summed E-state index contributed by atoms with van der Waals surface area (Å²) in [5, 5.41) is 3.95. The number of esters is 2. The van der Waals surface area contributed by atoms with Crippen LogP contribution in [-0.2, 0) is 19.1 Å². The Morgan fingerprint density at radius 2 is 0.923 bits per heavy atom. The van der Waals surface area contributed by atoms with Crippen LogP contribution < -0.4 is 21.1 Å². The minimum atomic E-state index is -0.247. The maximum atomic E-state index is 13.0. The lowest BCUT2D eigenvalue weighted by atomic mass is 9.79. The molecule has 2 aromatic heterocycles. The zero-order valence-electron chi connectivity index (χ0n) is 33.0. The summed E-state index contributed by atoms with van der Waals surface area (Å²) in [5.74, 6) is 0.679. The van der Waals surface area contributed by atoms with Gasteiger partial charge in [-0.2, -0.15) is 0 Å². The molecule has 0 aromatic carbocycles. The molecule has 0 bridgehead atoms. The van der Waals surface area contributed by atoms with E-state index in [2.05, 4.69) is 118 Å². The quantitative estimate of drug-likeness (QED) is 0.174. The van der Waals surface area contributed by atoms with E-state index in [0.29, 0.717) is 24.4 Å². The van der Waals surface area contributed by atoms with Crippen LogP contribution in [0.2, 0.25) is 0 Å². The fraction of sp³-hybridized carbons (Fsp3) is 0.478. The standard InChI is InChI=1S/C46H56N2O4/c1-29-33-23-31-19-21-43(3,4)25-35(31)47-41(33)37(27-45(29,7)8)51-39(49)17-15-13-11-12-14-16-18-40(50)52-38-28-46(9,10)30(2)34-24-32-20-22-44(5,6)26-36(32)48-42(34)38/h19-28H,11-18H2,1-10H3. The molecule has 2 aromatic rings. The number of unbranched alkanes of at least 4 members (excludes halogenated alkanes) is 5. The predicted molar refractivity (Wildman–Crippen MR) is 212 cm³/mol. The Labute approximate surface area is 309 Å². The molecule has 6 heteroatoms. The van der Waals surface area contributed by atoms with Gasteiger partial charge in [0.15, 0.2) is 11.5 Å². The molecule has 6 nitrogen and oxygen atoms in total. The van der Waals surface area contributed by atoms with Gasteiger partial charge in [-0.3, -0.25) is 9.59 Å². The number of ether oxygens (including phenoxy) is 2. The van der Waals surface area contributed by atoms with Gasteiger partial charge >= 0.3 is 11.9 Å². The van der Waals surface area contributed by atoms with Crippen molar-refractivity contribution in [3.8, 4) is 0 Å². The van der Waals surface area contributed by atoms with Crippen LogP contribution in [0.4, 0.5) is 0 Å². The lowest BCUT2D eigenvalue weighted by Crippen LogP contribution is -2.33. The summed E-state index contributed by atoms with van der Waals surface area (Å²) in [6, 6.07) is 4.37. The number of carbonyl (C=O) groups is 2. The third-order valence-corrected chi connectivity index (χ3v) is 11.2. The fourth-order valence-electron chi connectivity index (χ4n) is 7.39. The van der Waals surface area contributed by atoms with Crippen LogP contribution in [0.25, 0.3) is 47.0 Å². The summed E-state index contributed by atoms with van der Waals surface area (Å²) in [5.41, 5.74) is 5.48.